The van der Waals surface area contributed by atoms with Gasteiger partial charge in [-0.2, -0.15) is 0 Å². The van der Waals surface area contributed by atoms with E-state index in [-0.39, 0.29) is 5.82 Å². The van der Waals surface area contributed by atoms with Crippen LogP contribution in [-0.4, -0.2) is 27.6 Å². The van der Waals surface area contributed by atoms with Crippen LogP contribution in [-0.2, 0) is 7.05 Å². The summed E-state index contributed by atoms with van der Waals surface area (Å²) in [5.74, 6) is 1.32. The van der Waals surface area contributed by atoms with Crippen LogP contribution in [0.3, 0.4) is 0 Å². The molecule has 0 spiro atoms. The molecular formula is C13H17N5O3. The lowest BCUT2D eigenvalue weighted by Crippen LogP contribution is -2.10. The number of aryl methyl sites for hydroxylation is 1. The highest BCUT2D eigenvalue weighted by Crippen LogP contribution is 2.28. The van der Waals surface area contributed by atoms with Crippen molar-refractivity contribution in [2.24, 2.45) is 12.8 Å². The first-order valence-electron chi connectivity index (χ1n) is 6.40. The van der Waals surface area contributed by atoms with Crippen molar-refractivity contribution in [3.63, 3.8) is 0 Å². The smallest absolute Gasteiger partial charge is 0.407 e. The zero-order valence-electron chi connectivity index (χ0n) is 11.9. The highest BCUT2D eigenvalue weighted by molar-refractivity contribution is 5.65. The Kier molecular flexibility index (Phi) is 4.39. The minimum atomic E-state index is -0.510. The molecular weight excluding hydrogens is 274 g/mol. The highest BCUT2D eigenvalue weighted by Gasteiger charge is 2.23. The fourth-order valence-electron chi connectivity index (χ4n) is 1.84. The van der Waals surface area contributed by atoms with Crippen LogP contribution in [0.25, 0.3) is 0 Å². The van der Waals surface area contributed by atoms with E-state index in [1.807, 2.05) is 0 Å². The zero-order valence-corrected chi connectivity index (χ0v) is 11.9. The van der Waals surface area contributed by atoms with Crippen molar-refractivity contribution < 1.29 is 9.66 Å². The van der Waals surface area contributed by atoms with Gasteiger partial charge in [0, 0.05) is 32.3 Å². The summed E-state index contributed by atoms with van der Waals surface area (Å²) < 4.78 is 7.06. The van der Waals surface area contributed by atoms with Crippen LogP contribution in [0.5, 0.6) is 5.75 Å². The SMILES string of the molecule is Cc1nc([N+](=O)[O-])c(Nc2cccc(OCCN)c2)n1C. The molecule has 1 aromatic heterocycles. The number of anilines is 2. The Balaban J connectivity index is 2.28. The molecule has 0 atom stereocenters. The predicted molar refractivity (Wildman–Crippen MR) is 78.9 cm³/mol. The van der Waals surface area contributed by atoms with Crippen molar-refractivity contribution in [3.8, 4) is 5.75 Å². The van der Waals surface area contributed by atoms with Crippen LogP contribution in [0.4, 0.5) is 17.3 Å². The molecule has 8 heteroatoms. The number of imidazole rings is 1. The molecule has 0 radical (unpaired) electrons. The average molecular weight is 291 g/mol. The molecule has 0 amide bonds. The van der Waals surface area contributed by atoms with Gasteiger partial charge in [0.25, 0.3) is 0 Å². The minimum Gasteiger partial charge on any atom is -0.492 e. The first kappa shape index (κ1) is 14.8. The molecule has 21 heavy (non-hydrogen) atoms. The lowest BCUT2D eigenvalue weighted by atomic mass is 10.3. The number of benzene rings is 1. The number of rotatable bonds is 6. The number of nitro groups is 1. The molecule has 0 aliphatic heterocycles. The predicted octanol–water partition coefficient (Wildman–Crippen LogP) is 1.72. The molecule has 0 bridgehead atoms. The molecule has 2 aromatic rings. The molecule has 2 rings (SSSR count). The van der Waals surface area contributed by atoms with E-state index in [1.165, 1.54) is 0 Å². The first-order valence-corrected chi connectivity index (χ1v) is 6.40. The third kappa shape index (κ3) is 3.29. The van der Waals surface area contributed by atoms with E-state index in [9.17, 15) is 10.1 Å². The van der Waals surface area contributed by atoms with Crippen molar-refractivity contribution in [2.45, 2.75) is 6.92 Å². The van der Waals surface area contributed by atoms with Crippen LogP contribution in [0.2, 0.25) is 0 Å². The highest BCUT2D eigenvalue weighted by atomic mass is 16.6. The fraction of sp³-hybridized carbons (Fsp3) is 0.308. The molecule has 0 aliphatic carbocycles. The van der Waals surface area contributed by atoms with Gasteiger partial charge in [-0.25, -0.2) is 0 Å². The first-order chi connectivity index (χ1) is 10.0. The molecule has 0 saturated carbocycles. The van der Waals surface area contributed by atoms with Crippen LogP contribution >= 0.6 is 0 Å². The van der Waals surface area contributed by atoms with Crippen molar-refractivity contribution in [2.75, 3.05) is 18.5 Å². The summed E-state index contributed by atoms with van der Waals surface area (Å²) >= 11 is 0. The summed E-state index contributed by atoms with van der Waals surface area (Å²) in [6, 6.07) is 7.13. The van der Waals surface area contributed by atoms with Crippen molar-refractivity contribution in [3.05, 3.63) is 40.2 Å². The molecule has 0 aliphatic rings. The van der Waals surface area contributed by atoms with Crippen molar-refractivity contribution >= 4 is 17.3 Å². The second-order valence-corrected chi connectivity index (χ2v) is 4.44. The average Bonchev–Trinajstić information content (AvgIpc) is 2.74. The van der Waals surface area contributed by atoms with Gasteiger partial charge in [-0.1, -0.05) is 6.07 Å². The van der Waals surface area contributed by atoms with Gasteiger partial charge in [-0.15, -0.1) is 0 Å². The van der Waals surface area contributed by atoms with Crippen LogP contribution < -0.4 is 15.8 Å². The van der Waals surface area contributed by atoms with Gasteiger partial charge in [0.05, 0.1) is 0 Å². The molecule has 1 aromatic carbocycles. The van der Waals surface area contributed by atoms with Gasteiger partial charge in [-0.3, -0.25) is 4.57 Å². The Hall–Kier alpha value is -2.61. The van der Waals surface area contributed by atoms with E-state index >= 15 is 0 Å². The Morgan fingerprint density at radius 3 is 2.95 bits per heavy atom. The van der Waals surface area contributed by atoms with Crippen LogP contribution in [0, 0.1) is 17.0 Å². The number of aromatic nitrogens is 2. The zero-order chi connectivity index (χ0) is 15.4. The normalized spacial score (nSPS) is 10.4. The number of nitrogens with zero attached hydrogens (tertiary/aromatic N) is 3. The Morgan fingerprint density at radius 2 is 2.29 bits per heavy atom. The number of ether oxygens (including phenoxy) is 1. The molecule has 1 heterocycles. The second-order valence-electron chi connectivity index (χ2n) is 4.44. The van der Waals surface area contributed by atoms with Crippen LogP contribution in [0.1, 0.15) is 5.82 Å². The quantitative estimate of drug-likeness (QED) is 0.619. The summed E-state index contributed by atoms with van der Waals surface area (Å²) in [6.07, 6.45) is 0. The summed E-state index contributed by atoms with van der Waals surface area (Å²) in [7, 11) is 1.71. The number of hydrogen-bond acceptors (Lipinski definition) is 6. The van der Waals surface area contributed by atoms with Gasteiger partial charge >= 0.3 is 5.82 Å². The van der Waals surface area contributed by atoms with Crippen LogP contribution in [0.15, 0.2) is 24.3 Å². The molecule has 112 valence electrons. The third-order valence-corrected chi connectivity index (χ3v) is 2.96. The van der Waals surface area contributed by atoms with Gasteiger partial charge < -0.3 is 25.9 Å². The summed E-state index contributed by atoms with van der Waals surface area (Å²) in [5.41, 5.74) is 6.06. The topological polar surface area (TPSA) is 108 Å². The maximum absolute atomic E-state index is 11.0. The van der Waals surface area contributed by atoms with Crippen molar-refractivity contribution in [1.29, 1.82) is 0 Å². The maximum Gasteiger partial charge on any atom is 0.407 e. The van der Waals surface area contributed by atoms with E-state index < -0.39 is 4.92 Å². The number of hydrogen-bond donors (Lipinski definition) is 2. The molecule has 0 unspecified atom stereocenters. The number of nitrogens with two attached hydrogens (primary N) is 1. The summed E-state index contributed by atoms with van der Waals surface area (Å²) in [4.78, 5) is 14.5. The maximum atomic E-state index is 11.0. The molecule has 0 fully saturated rings. The summed E-state index contributed by atoms with van der Waals surface area (Å²) in [6.45, 7) is 2.54. The van der Waals surface area contributed by atoms with Gasteiger partial charge in [0.2, 0.25) is 11.6 Å². The lowest BCUT2D eigenvalue weighted by Gasteiger charge is -2.09. The Bertz CT molecular complexity index is 653. The lowest BCUT2D eigenvalue weighted by molar-refractivity contribution is -0.388. The molecule has 0 saturated heterocycles. The fourth-order valence-corrected chi connectivity index (χ4v) is 1.84. The minimum absolute atomic E-state index is 0.205. The second kappa shape index (κ2) is 6.23. The Morgan fingerprint density at radius 1 is 1.52 bits per heavy atom. The molecule has 8 nitrogen and oxygen atoms in total. The van der Waals surface area contributed by atoms with E-state index in [1.54, 1.807) is 42.8 Å². The van der Waals surface area contributed by atoms with Crippen molar-refractivity contribution in [1.82, 2.24) is 9.55 Å². The Labute approximate surface area is 121 Å². The van der Waals surface area contributed by atoms with E-state index in [0.717, 1.165) is 0 Å². The van der Waals surface area contributed by atoms with E-state index in [0.29, 0.717) is 36.2 Å². The van der Waals surface area contributed by atoms with Gasteiger partial charge in [0.15, 0.2) is 0 Å². The van der Waals surface area contributed by atoms with E-state index in [2.05, 4.69) is 10.3 Å². The van der Waals surface area contributed by atoms with Gasteiger partial charge in [-0.05, 0) is 22.0 Å². The van der Waals surface area contributed by atoms with E-state index in [4.69, 9.17) is 10.5 Å². The number of nitrogens with one attached hydrogen (secondary N) is 1. The molecule has 3 N–H and O–H groups in total. The standard InChI is InChI=1S/C13H17N5O3/c1-9-15-13(18(19)20)12(17(9)2)16-10-4-3-5-11(8-10)21-7-6-14/h3-5,8,16H,6-7,14H2,1-2H3. The summed E-state index contributed by atoms with van der Waals surface area (Å²) in [5, 5.41) is 14.0. The third-order valence-electron chi connectivity index (χ3n) is 2.96. The largest absolute Gasteiger partial charge is 0.492 e. The van der Waals surface area contributed by atoms with Gasteiger partial charge in [0.1, 0.15) is 12.4 Å². The monoisotopic (exact) mass is 291 g/mol.